The van der Waals surface area contributed by atoms with E-state index in [1.165, 1.54) is 0 Å². The van der Waals surface area contributed by atoms with Crippen LogP contribution in [-0.2, 0) is 0 Å². The Balaban J connectivity index is 2.63. The van der Waals surface area contributed by atoms with Gasteiger partial charge in [0.05, 0.1) is 0 Å². The van der Waals surface area contributed by atoms with Gasteiger partial charge in [0.1, 0.15) is 0 Å². The minimum atomic E-state index is 0.781. The van der Waals surface area contributed by atoms with E-state index in [4.69, 9.17) is 0 Å². The molecule has 1 nitrogen and oxygen atoms in total. The Labute approximate surface area is 89.4 Å². The van der Waals surface area contributed by atoms with Crippen molar-refractivity contribution in [2.24, 2.45) is 0 Å². The normalized spacial score (nSPS) is 9.93. The third kappa shape index (κ3) is 1.82. The summed E-state index contributed by atoms with van der Waals surface area (Å²) >= 11 is 0. The Hall–Kier alpha value is -1.89. The summed E-state index contributed by atoms with van der Waals surface area (Å²) in [6.07, 6.45) is 0.928. The molecular formula is C14H12O. The molecule has 0 aliphatic rings. The van der Waals surface area contributed by atoms with Crippen molar-refractivity contribution in [3.05, 3.63) is 59.7 Å². The van der Waals surface area contributed by atoms with Crippen LogP contribution in [0.4, 0.5) is 0 Å². The molecule has 1 heteroatoms. The lowest BCUT2D eigenvalue weighted by Crippen LogP contribution is -1.90. The second kappa shape index (κ2) is 4.09. The number of carbonyl (C=O) groups is 1. The summed E-state index contributed by atoms with van der Waals surface area (Å²) in [5.41, 5.74) is 3.89. The summed E-state index contributed by atoms with van der Waals surface area (Å²) in [5.74, 6) is 0. The van der Waals surface area contributed by atoms with Crippen molar-refractivity contribution in [3.63, 3.8) is 0 Å². The van der Waals surface area contributed by atoms with Gasteiger partial charge in [0, 0.05) is 5.56 Å². The molecule has 2 aromatic carbocycles. The van der Waals surface area contributed by atoms with E-state index in [2.05, 4.69) is 0 Å². The lowest BCUT2D eigenvalue weighted by atomic mass is 9.97. The molecule has 15 heavy (non-hydrogen) atoms. The largest absolute Gasteiger partial charge is 0.298 e. The Bertz CT molecular complexity index is 472. The fourth-order valence-corrected chi connectivity index (χ4v) is 1.71. The summed E-state index contributed by atoms with van der Waals surface area (Å²) < 4.78 is 0. The average molecular weight is 196 g/mol. The maximum atomic E-state index is 11.0. The van der Waals surface area contributed by atoms with Crippen LogP contribution in [-0.4, -0.2) is 6.29 Å². The number of hydrogen-bond acceptors (Lipinski definition) is 1. The second-order valence-electron chi connectivity index (χ2n) is 3.52. The first-order valence-corrected chi connectivity index (χ1v) is 4.93. The standard InChI is InChI=1S/C14H12O/c1-11-6-5-9-13(14(11)10-15)12-7-3-2-4-8-12/h2-10H,1H3. The zero-order valence-electron chi connectivity index (χ0n) is 8.60. The summed E-state index contributed by atoms with van der Waals surface area (Å²) in [5, 5.41) is 0. The van der Waals surface area contributed by atoms with Gasteiger partial charge in [-0.2, -0.15) is 0 Å². The molecule has 0 atom stereocenters. The first-order valence-electron chi connectivity index (χ1n) is 4.93. The summed E-state index contributed by atoms with van der Waals surface area (Å²) in [6, 6.07) is 15.9. The molecular weight excluding hydrogens is 184 g/mol. The van der Waals surface area contributed by atoms with E-state index in [1.807, 2.05) is 55.5 Å². The monoisotopic (exact) mass is 196 g/mol. The zero-order chi connectivity index (χ0) is 10.7. The molecule has 0 fully saturated rings. The fourth-order valence-electron chi connectivity index (χ4n) is 1.71. The SMILES string of the molecule is Cc1cccc(-c2ccccc2)c1C=O. The molecule has 0 saturated heterocycles. The van der Waals surface area contributed by atoms with E-state index in [1.54, 1.807) is 0 Å². The van der Waals surface area contributed by atoms with E-state index >= 15 is 0 Å². The molecule has 0 spiro atoms. The Morgan fingerprint density at radius 2 is 1.67 bits per heavy atom. The molecule has 0 bridgehead atoms. The van der Waals surface area contributed by atoms with Crippen LogP contribution in [0.1, 0.15) is 15.9 Å². The molecule has 0 heterocycles. The minimum absolute atomic E-state index is 0.781. The number of carbonyl (C=O) groups excluding carboxylic acids is 1. The van der Waals surface area contributed by atoms with Crippen LogP contribution in [0, 0.1) is 6.92 Å². The summed E-state index contributed by atoms with van der Waals surface area (Å²) in [6.45, 7) is 1.95. The Morgan fingerprint density at radius 3 is 2.33 bits per heavy atom. The van der Waals surface area contributed by atoms with Crippen LogP contribution < -0.4 is 0 Å². The molecule has 74 valence electrons. The Kier molecular flexibility index (Phi) is 2.64. The van der Waals surface area contributed by atoms with Crippen molar-refractivity contribution >= 4 is 6.29 Å². The van der Waals surface area contributed by atoms with Gasteiger partial charge in [-0.3, -0.25) is 4.79 Å². The van der Waals surface area contributed by atoms with Crippen molar-refractivity contribution < 1.29 is 4.79 Å². The molecule has 0 unspecified atom stereocenters. The summed E-state index contributed by atoms with van der Waals surface area (Å²) in [4.78, 5) is 11.0. The molecule has 0 aromatic heterocycles. The van der Waals surface area contributed by atoms with Crippen molar-refractivity contribution in [2.45, 2.75) is 6.92 Å². The van der Waals surface area contributed by atoms with Gasteiger partial charge in [-0.05, 0) is 23.6 Å². The number of rotatable bonds is 2. The van der Waals surface area contributed by atoms with Crippen LogP contribution in [0.5, 0.6) is 0 Å². The fraction of sp³-hybridized carbons (Fsp3) is 0.0714. The van der Waals surface area contributed by atoms with E-state index in [0.29, 0.717) is 0 Å². The van der Waals surface area contributed by atoms with E-state index in [-0.39, 0.29) is 0 Å². The minimum Gasteiger partial charge on any atom is -0.298 e. The van der Waals surface area contributed by atoms with Gasteiger partial charge < -0.3 is 0 Å². The highest BCUT2D eigenvalue weighted by atomic mass is 16.1. The molecule has 0 saturated carbocycles. The molecule has 2 aromatic rings. The quantitative estimate of drug-likeness (QED) is 0.672. The average Bonchev–Trinajstić information content (AvgIpc) is 2.30. The molecule has 0 N–H and O–H groups in total. The lowest BCUT2D eigenvalue weighted by Gasteiger charge is -2.07. The van der Waals surface area contributed by atoms with Gasteiger partial charge in [-0.25, -0.2) is 0 Å². The van der Waals surface area contributed by atoms with Crippen LogP contribution in [0.15, 0.2) is 48.5 Å². The molecule has 0 radical (unpaired) electrons. The third-order valence-corrected chi connectivity index (χ3v) is 2.53. The molecule has 0 amide bonds. The topological polar surface area (TPSA) is 17.1 Å². The number of benzene rings is 2. The molecule has 0 aliphatic heterocycles. The smallest absolute Gasteiger partial charge is 0.150 e. The van der Waals surface area contributed by atoms with Gasteiger partial charge >= 0.3 is 0 Å². The highest BCUT2D eigenvalue weighted by Gasteiger charge is 2.05. The Morgan fingerprint density at radius 1 is 0.933 bits per heavy atom. The highest BCUT2D eigenvalue weighted by molar-refractivity contribution is 5.89. The van der Waals surface area contributed by atoms with Gasteiger partial charge in [0.2, 0.25) is 0 Å². The number of aryl methyl sites for hydroxylation is 1. The van der Waals surface area contributed by atoms with Gasteiger partial charge in [0.25, 0.3) is 0 Å². The molecule has 2 rings (SSSR count). The lowest BCUT2D eigenvalue weighted by molar-refractivity contribution is 0.112. The van der Waals surface area contributed by atoms with Crippen molar-refractivity contribution in [1.29, 1.82) is 0 Å². The second-order valence-corrected chi connectivity index (χ2v) is 3.52. The third-order valence-electron chi connectivity index (χ3n) is 2.53. The maximum absolute atomic E-state index is 11.0. The first-order chi connectivity index (χ1) is 7.33. The maximum Gasteiger partial charge on any atom is 0.150 e. The first kappa shape index (κ1) is 9.66. The van der Waals surface area contributed by atoms with Gasteiger partial charge in [0.15, 0.2) is 6.29 Å². The van der Waals surface area contributed by atoms with E-state index in [9.17, 15) is 4.79 Å². The van der Waals surface area contributed by atoms with Crippen LogP contribution >= 0.6 is 0 Å². The predicted octanol–water partition coefficient (Wildman–Crippen LogP) is 3.47. The van der Waals surface area contributed by atoms with Crippen LogP contribution in [0.2, 0.25) is 0 Å². The molecule has 0 aliphatic carbocycles. The van der Waals surface area contributed by atoms with E-state index in [0.717, 1.165) is 28.5 Å². The highest BCUT2D eigenvalue weighted by Crippen LogP contribution is 2.24. The zero-order valence-corrected chi connectivity index (χ0v) is 8.60. The van der Waals surface area contributed by atoms with Gasteiger partial charge in [-0.15, -0.1) is 0 Å². The van der Waals surface area contributed by atoms with E-state index < -0.39 is 0 Å². The van der Waals surface area contributed by atoms with Crippen molar-refractivity contribution in [1.82, 2.24) is 0 Å². The van der Waals surface area contributed by atoms with Crippen LogP contribution in [0.3, 0.4) is 0 Å². The number of hydrogen-bond donors (Lipinski definition) is 0. The predicted molar refractivity (Wildman–Crippen MR) is 62.0 cm³/mol. The van der Waals surface area contributed by atoms with Crippen molar-refractivity contribution in [3.8, 4) is 11.1 Å². The van der Waals surface area contributed by atoms with Crippen LogP contribution in [0.25, 0.3) is 11.1 Å². The van der Waals surface area contributed by atoms with Gasteiger partial charge in [-0.1, -0.05) is 48.5 Å². The van der Waals surface area contributed by atoms with Crippen molar-refractivity contribution in [2.75, 3.05) is 0 Å². The summed E-state index contributed by atoms with van der Waals surface area (Å²) in [7, 11) is 0. The number of aldehydes is 1.